The number of methoxy groups -OCH3 is 1. The monoisotopic (exact) mass is 455 g/mol. The zero-order chi connectivity index (χ0) is 22.8. The van der Waals surface area contributed by atoms with E-state index in [2.05, 4.69) is 10.1 Å². The van der Waals surface area contributed by atoms with Crippen LogP contribution >= 0.6 is 11.3 Å². The zero-order valence-electron chi connectivity index (χ0n) is 18.2. The Bertz CT molecular complexity index is 1520. The van der Waals surface area contributed by atoms with Gasteiger partial charge in [-0.2, -0.15) is 9.50 Å². The van der Waals surface area contributed by atoms with Crippen LogP contribution in [0.2, 0.25) is 0 Å². The van der Waals surface area contributed by atoms with Crippen LogP contribution in [0.5, 0.6) is 11.5 Å². The maximum Gasteiger partial charge on any atom is 0.291 e. The molecule has 164 valence electrons. The van der Waals surface area contributed by atoms with Gasteiger partial charge < -0.3 is 9.47 Å². The molecule has 0 saturated heterocycles. The number of hydrogen-bond donors (Lipinski definition) is 0. The number of nitrogens with zero attached hydrogens (tertiary/aromatic N) is 3. The van der Waals surface area contributed by atoms with Gasteiger partial charge in [0.25, 0.3) is 5.56 Å². The van der Waals surface area contributed by atoms with Gasteiger partial charge in [-0.3, -0.25) is 4.79 Å². The van der Waals surface area contributed by atoms with Gasteiger partial charge in [0.1, 0.15) is 6.61 Å². The molecule has 0 N–H and O–H groups in total. The average molecular weight is 456 g/mol. The lowest BCUT2D eigenvalue weighted by Gasteiger charge is -2.11. The predicted octanol–water partition coefficient (Wildman–Crippen LogP) is 4.26. The van der Waals surface area contributed by atoms with Crippen LogP contribution in [0.4, 0.5) is 0 Å². The highest BCUT2D eigenvalue weighted by molar-refractivity contribution is 7.15. The number of fused-ring (bicyclic) bond motifs is 1. The van der Waals surface area contributed by atoms with E-state index >= 15 is 0 Å². The van der Waals surface area contributed by atoms with E-state index in [1.807, 2.05) is 85.8 Å². The van der Waals surface area contributed by atoms with E-state index in [-0.39, 0.29) is 5.56 Å². The third kappa shape index (κ3) is 4.36. The first kappa shape index (κ1) is 20.9. The van der Waals surface area contributed by atoms with E-state index in [0.29, 0.717) is 33.4 Å². The lowest BCUT2D eigenvalue weighted by Crippen LogP contribution is -2.23. The molecule has 6 nitrogen and oxygen atoms in total. The number of rotatable bonds is 6. The third-order valence-corrected chi connectivity index (χ3v) is 6.17. The van der Waals surface area contributed by atoms with Gasteiger partial charge in [0, 0.05) is 5.56 Å². The van der Waals surface area contributed by atoms with Crippen LogP contribution in [-0.2, 0) is 6.61 Å². The summed E-state index contributed by atoms with van der Waals surface area (Å²) in [5, 5.41) is 4.41. The summed E-state index contributed by atoms with van der Waals surface area (Å²) < 4.78 is 13.3. The van der Waals surface area contributed by atoms with Crippen molar-refractivity contribution in [3.63, 3.8) is 0 Å². The van der Waals surface area contributed by atoms with Gasteiger partial charge in [-0.1, -0.05) is 77.6 Å². The third-order valence-electron chi connectivity index (χ3n) is 5.21. The summed E-state index contributed by atoms with van der Waals surface area (Å²) in [5.74, 6) is 1.80. The van der Waals surface area contributed by atoms with Crippen molar-refractivity contribution in [3.05, 3.63) is 104 Å². The van der Waals surface area contributed by atoms with Crippen molar-refractivity contribution >= 4 is 22.4 Å². The summed E-state index contributed by atoms with van der Waals surface area (Å²) >= 11 is 1.31. The zero-order valence-corrected chi connectivity index (χ0v) is 19.0. The molecule has 0 aliphatic rings. The lowest BCUT2D eigenvalue weighted by molar-refractivity contribution is 0.284. The molecule has 0 aliphatic carbocycles. The first-order valence-electron chi connectivity index (χ1n) is 10.4. The van der Waals surface area contributed by atoms with E-state index in [4.69, 9.17) is 9.47 Å². The van der Waals surface area contributed by atoms with Gasteiger partial charge in [0.05, 0.1) is 11.6 Å². The molecule has 0 atom stereocenters. The fourth-order valence-electron chi connectivity index (χ4n) is 3.44. The Morgan fingerprint density at radius 2 is 1.79 bits per heavy atom. The number of thiazole rings is 1. The molecule has 0 bridgehead atoms. The van der Waals surface area contributed by atoms with Crippen LogP contribution in [0.25, 0.3) is 22.4 Å². The molecule has 7 heteroatoms. The largest absolute Gasteiger partial charge is 0.493 e. The van der Waals surface area contributed by atoms with Crippen molar-refractivity contribution in [1.82, 2.24) is 14.6 Å². The van der Waals surface area contributed by atoms with Crippen LogP contribution in [0.3, 0.4) is 0 Å². The molecule has 0 radical (unpaired) electrons. The highest BCUT2D eigenvalue weighted by Crippen LogP contribution is 2.29. The van der Waals surface area contributed by atoms with Crippen LogP contribution in [0.15, 0.2) is 77.6 Å². The van der Waals surface area contributed by atoms with Crippen LogP contribution in [0, 0.1) is 6.92 Å². The highest BCUT2D eigenvalue weighted by Gasteiger charge is 2.12. The molecule has 0 saturated carbocycles. The molecule has 3 aromatic carbocycles. The SMILES string of the molecule is COc1cc(C=c2sc3nc(-c4ccc(C)cc4)nn3c2=O)ccc1OCc1ccccc1. The van der Waals surface area contributed by atoms with E-state index in [1.54, 1.807) is 7.11 Å². The van der Waals surface area contributed by atoms with Crippen molar-refractivity contribution in [2.75, 3.05) is 7.11 Å². The van der Waals surface area contributed by atoms with E-state index in [0.717, 1.165) is 22.3 Å². The number of aromatic nitrogens is 3. The number of ether oxygens (including phenoxy) is 2. The van der Waals surface area contributed by atoms with Gasteiger partial charge in [0.15, 0.2) is 17.3 Å². The Kier molecular flexibility index (Phi) is 5.62. The van der Waals surface area contributed by atoms with Crippen LogP contribution in [-0.4, -0.2) is 21.7 Å². The second-order valence-corrected chi connectivity index (χ2v) is 8.61. The maximum absolute atomic E-state index is 12.9. The van der Waals surface area contributed by atoms with E-state index in [1.165, 1.54) is 15.9 Å². The number of hydrogen-bond acceptors (Lipinski definition) is 6. The minimum atomic E-state index is -0.191. The van der Waals surface area contributed by atoms with Crippen LogP contribution in [0.1, 0.15) is 16.7 Å². The lowest BCUT2D eigenvalue weighted by atomic mass is 10.1. The molecule has 2 aromatic heterocycles. The number of aryl methyl sites for hydroxylation is 1. The molecule has 2 heterocycles. The molecular weight excluding hydrogens is 434 g/mol. The van der Waals surface area contributed by atoms with E-state index < -0.39 is 0 Å². The maximum atomic E-state index is 12.9. The Hall–Kier alpha value is -3.97. The molecule has 33 heavy (non-hydrogen) atoms. The summed E-state index contributed by atoms with van der Waals surface area (Å²) in [6.07, 6.45) is 1.82. The Morgan fingerprint density at radius 1 is 1.00 bits per heavy atom. The molecule has 5 rings (SSSR count). The van der Waals surface area contributed by atoms with Gasteiger partial charge in [0.2, 0.25) is 4.96 Å². The highest BCUT2D eigenvalue weighted by atomic mass is 32.1. The minimum Gasteiger partial charge on any atom is -0.493 e. The summed E-state index contributed by atoms with van der Waals surface area (Å²) in [4.78, 5) is 18.0. The fourth-order valence-corrected chi connectivity index (χ4v) is 4.35. The van der Waals surface area contributed by atoms with Crippen LogP contribution < -0.4 is 19.6 Å². The van der Waals surface area contributed by atoms with Gasteiger partial charge in [-0.15, -0.1) is 5.10 Å². The predicted molar refractivity (Wildman–Crippen MR) is 130 cm³/mol. The van der Waals surface area contributed by atoms with Gasteiger partial charge in [-0.05, 0) is 36.3 Å². The van der Waals surface area contributed by atoms with Crippen molar-refractivity contribution < 1.29 is 9.47 Å². The van der Waals surface area contributed by atoms with Gasteiger partial charge in [-0.25, -0.2) is 0 Å². The topological polar surface area (TPSA) is 65.7 Å². The number of benzene rings is 3. The minimum absolute atomic E-state index is 0.191. The van der Waals surface area contributed by atoms with Gasteiger partial charge >= 0.3 is 0 Å². The molecule has 5 aromatic rings. The smallest absolute Gasteiger partial charge is 0.291 e. The second-order valence-electron chi connectivity index (χ2n) is 7.60. The van der Waals surface area contributed by atoms with E-state index in [9.17, 15) is 4.79 Å². The fraction of sp³-hybridized carbons (Fsp3) is 0.115. The van der Waals surface area contributed by atoms with Crippen molar-refractivity contribution in [3.8, 4) is 22.9 Å². The van der Waals surface area contributed by atoms with Crippen molar-refractivity contribution in [1.29, 1.82) is 0 Å². The summed E-state index contributed by atoms with van der Waals surface area (Å²) in [6.45, 7) is 2.47. The first-order valence-corrected chi connectivity index (χ1v) is 11.3. The standard InChI is InChI=1S/C26H21N3O3S/c1-17-8-11-20(12-9-17)24-27-26-29(28-24)25(30)23(33-26)15-19-10-13-21(22(14-19)31-2)32-16-18-6-4-3-5-7-18/h3-15H,16H2,1-2H3. The average Bonchev–Trinajstić information content (AvgIpc) is 3.38. The molecule has 0 aliphatic heterocycles. The normalized spacial score (nSPS) is 11.8. The molecule has 0 spiro atoms. The Balaban J connectivity index is 1.42. The Morgan fingerprint density at radius 3 is 2.52 bits per heavy atom. The Labute approximate surface area is 194 Å². The molecular formula is C26H21N3O3S. The van der Waals surface area contributed by atoms with Crippen molar-refractivity contribution in [2.45, 2.75) is 13.5 Å². The summed E-state index contributed by atoms with van der Waals surface area (Å²) in [6, 6.07) is 23.5. The summed E-state index contributed by atoms with van der Waals surface area (Å²) in [5.41, 5.74) is 3.76. The quantitative estimate of drug-likeness (QED) is 0.383. The second kappa shape index (κ2) is 8.88. The molecule has 0 amide bonds. The molecule has 0 unspecified atom stereocenters. The summed E-state index contributed by atoms with van der Waals surface area (Å²) in [7, 11) is 1.60. The molecule has 0 fully saturated rings. The van der Waals surface area contributed by atoms with Crippen molar-refractivity contribution in [2.24, 2.45) is 0 Å². The first-order chi connectivity index (χ1) is 16.1.